The lowest BCUT2D eigenvalue weighted by atomic mass is 10.3. The van der Waals surface area contributed by atoms with Crippen molar-refractivity contribution in [3.8, 4) is 0 Å². The summed E-state index contributed by atoms with van der Waals surface area (Å²) in [5.74, 6) is 0. The number of hydrogen-bond acceptors (Lipinski definition) is 5. The van der Waals surface area contributed by atoms with Crippen LogP contribution in [0.25, 0.3) is 0 Å². The van der Waals surface area contributed by atoms with E-state index in [4.69, 9.17) is 4.74 Å². The summed E-state index contributed by atoms with van der Waals surface area (Å²) in [7, 11) is -4.94. The highest BCUT2D eigenvalue weighted by molar-refractivity contribution is 7.92. The molecule has 1 fully saturated rings. The first kappa shape index (κ1) is 17.4. The molecular formula is C13H20N2O5S2. The maximum absolute atomic E-state index is 12.5. The molecule has 2 atom stereocenters. The van der Waals surface area contributed by atoms with Gasteiger partial charge in [-0.05, 0) is 38.4 Å². The summed E-state index contributed by atoms with van der Waals surface area (Å²) in [5.41, 5.74) is 0. The van der Waals surface area contributed by atoms with Gasteiger partial charge in [-0.25, -0.2) is 26.3 Å². The van der Waals surface area contributed by atoms with Crippen LogP contribution in [0.2, 0.25) is 0 Å². The van der Waals surface area contributed by atoms with Crippen molar-refractivity contribution in [1.82, 2.24) is 9.44 Å². The van der Waals surface area contributed by atoms with Crippen LogP contribution >= 0.6 is 0 Å². The maximum atomic E-state index is 12.5. The summed E-state index contributed by atoms with van der Waals surface area (Å²) in [4.78, 5) is -0.503. The Balaban J connectivity index is 2.31. The van der Waals surface area contributed by atoms with Gasteiger partial charge in [0.2, 0.25) is 20.0 Å². The first-order valence-electron chi connectivity index (χ1n) is 6.88. The van der Waals surface area contributed by atoms with Crippen molar-refractivity contribution in [1.29, 1.82) is 0 Å². The van der Waals surface area contributed by atoms with Crippen LogP contribution in [0.15, 0.2) is 34.1 Å². The van der Waals surface area contributed by atoms with Gasteiger partial charge in [0.1, 0.15) is 9.79 Å². The predicted octanol–water partition coefficient (Wildman–Crippen LogP) is 0.440. The second kappa shape index (κ2) is 6.63. The number of rotatable bonds is 6. The van der Waals surface area contributed by atoms with Crippen molar-refractivity contribution in [3.05, 3.63) is 24.3 Å². The second-order valence-corrected chi connectivity index (χ2v) is 8.68. The monoisotopic (exact) mass is 348 g/mol. The van der Waals surface area contributed by atoms with Crippen LogP contribution in [0.1, 0.15) is 19.3 Å². The Labute approximate surface area is 131 Å². The van der Waals surface area contributed by atoms with Crippen LogP contribution in [-0.2, 0) is 24.8 Å². The number of hydrogen-bond donors (Lipinski definition) is 2. The van der Waals surface area contributed by atoms with Gasteiger partial charge in [-0.3, -0.25) is 0 Å². The van der Waals surface area contributed by atoms with E-state index < -0.39 is 20.0 Å². The lowest BCUT2D eigenvalue weighted by Crippen LogP contribution is -2.34. The molecule has 0 amide bonds. The van der Waals surface area contributed by atoms with Crippen LogP contribution in [0.3, 0.4) is 0 Å². The molecule has 1 aliphatic rings. The van der Waals surface area contributed by atoms with Crippen molar-refractivity contribution in [2.24, 2.45) is 0 Å². The van der Waals surface area contributed by atoms with E-state index in [0.717, 1.165) is 6.42 Å². The maximum Gasteiger partial charge on any atom is 0.242 e. The van der Waals surface area contributed by atoms with E-state index in [2.05, 4.69) is 9.44 Å². The zero-order valence-electron chi connectivity index (χ0n) is 12.4. The van der Waals surface area contributed by atoms with Gasteiger partial charge in [-0.1, -0.05) is 12.1 Å². The first-order chi connectivity index (χ1) is 10.3. The third-order valence-corrected chi connectivity index (χ3v) is 6.92. The molecule has 1 aromatic carbocycles. The average molecular weight is 348 g/mol. The van der Waals surface area contributed by atoms with Crippen molar-refractivity contribution in [2.45, 2.75) is 41.2 Å². The molecule has 124 valence electrons. The highest BCUT2D eigenvalue weighted by atomic mass is 32.2. The molecule has 1 aliphatic carbocycles. The van der Waals surface area contributed by atoms with Gasteiger partial charge >= 0.3 is 0 Å². The summed E-state index contributed by atoms with van der Waals surface area (Å²) in [5, 5.41) is 0. The fourth-order valence-electron chi connectivity index (χ4n) is 2.55. The minimum absolute atomic E-state index is 0.0315. The molecule has 1 saturated carbocycles. The van der Waals surface area contributed by atoms with E-state index in [1.807, 2.05) is 0 Å². The molecule has 1 aromatic rings. The van der Waals surface area contributed by atoms with Crippen molar-refractivity contribution in [2.75, 3.05) is 14.2 Å². The largest absolute Gasteiger partial charge is 0.381 e. The molecule has 0 heterocycles. The van der Waals surface area contributed by atoms with Crippen LogP contribution in [-0.4, -0.2) is 43.1 Å². The van der Waals surface area contributed by atoms with E-state index in [1.54, 1.807) is 7.11 Å². The van der Waals surface area contributed by atoms with Gasteiger partial charge in [-0.15, -0.1) is 0 Å². The van der Waals surface area contributed by atoms with Gasteiger partial charge in [0, 0.05) is 13.2 Å². The molecule has 2 rings (SSSR count). The molecule has 0 bridgehead atoms. The summed E-state index contributed by atoms with van der Waals surface area (Å²) < 4.78 is 58.9. The molecule has 22 heavy (non-hydrogen) atoms. The molecule has 7 nitrogen and oxygen atoms in total. The summed E-state index contributed by atoms with van der Waals surface area (Å²) >= 11 is 0. The van der Waals surface area contributed by atoms with E-state index in [1.165, 1.54) is 31.3 Å². The van der Waals surface area contributed by atoms with E-state index >= 15 is 0 Å². The summed E-state index contributed by atoms with van der Waals surface area (Å²) in [6.07, 6.45) is 2.05. The van der Waals surface area contributed by atoms with Gasteiger partial charge < -0.3 is 4.74 Å². The smallest absolute Gasteiger partial charge is 0.242 e. The number of nitrogens with one attached hydrogen (secondary N) is 2. The van der Waals surface area contributed by atoms with Crippen LogP contribution < -0.4 is 9.44 Å². The fraction of sp³-hybridized carbons (Fsp3) is 0.538. The number of methoxy groups -OCH3 is 1. The highest BCUT2D eigenvalue weighted by Gasteiger charge is 2.31. The Morgan fingerprint density at radius 1 is 1.05 bits per heavy atom. The van der Waals surface area contributed by atoms with Crippen molar-refractivity contribution < 1.29 is 21.6 Å². The summed E-state index contributed by atoms with van der Waals surface area (Å²) in [6.45, 7) is 0. The number of sulfonamides is 2. The summed E-state index contributed by atoms with van der Waals surface area (Å²) in [6, 6.07) is 5.29. The molecule has 0 spiro atoms. The number of benzene rings is 1. The molecular weight excluding hydrogens is 328 g/mol. The first-order valence-corrected chi connectivity index (χ1v) is 9.84. The van der Waals surface area contributed by atoms with Crippen LogP contribution in [0.5, 0.6) is 0 Å². The van der Waals surface area contributed by atoms with Crippen LogP contribution in [0, 0.1) is 0 Å². The van der Waals surface area contributed by atoms with Crippen molar-refractivity contribution >= 4 is 20.0 Å². The molecule has 0 radical (unpaired) electrons. The lowest BCUT2D eigenvalue weighted by molar-refractivity contribution is 0.107. The zero-order chi connectivity index (χ0) is 16.4. The third kappa shape index (κ3) is 3.66. The fourth-order valence-corrected chi connectivity index (χ4v) is 5.39. The van der Waals surface area contributed by atoms with E-state index in [0.29, 0.717) is 12.8 Å². The Morgan fingerprint density at radius 3 is 2.14 bits per heavy atom. The van der Waals surface area contributed by atoms with Crippen molar-refractivity contribution in [3.63, 3.8) is 0 Å². The molecule has 0 unspecified atom stereocenters. The molecule has 0 aromatic heterocycles. The Morgan fingerprint density at radius 2 is 1.64 bits per heavy atom. The molecule has 2 N–H and O–H groups in total. The van der Waals surface area contributed by atoms with E-state index in [-0.39, 0.29) is 21.9 Å². The second-order valence-electron chi connectivity index (χ2n) is 5.14. The lowest BCUT2D eigenvalue weighted by Gasteiger charge is -2.15. The molecule has 0 aliphatic heterocycles. The zero-order valence-corrected chi connectivity index (χ0v) is 14.1. The minimum Gasteiger partial charge on any atom is -0.381 e. The highest BCUT2D eigenvalue weighted by Crippen LogP contribution is 2.25. The quantitative estimate of drug-likeness (QED) is 0.777. The average Bonchev–Trinajstić information content (AvgIpc) is 2.94. The third-order valence-electron chi connectivity index (χ3n) is 3.74. The Kier molecular flexibility index (Phi) is 5.23. The Bertz CT molecular complexity index is 731. The SMILES string of the molecule is CNS(=O)(=O)c1ccccc1S(=O)(=O)N[C@@H]1CC[C@@H](OC)C1. The standard InChI is InChI=1S/C13H20N2O5S2/c1-14-21(16,17)12-5-3-4-6-13(12)22(18,19)15-10-7-8-11(9-10)20-2/h3-6,10-11,14-15H,7-9H2,1-2H3/t10-,11-/m1/s1. The van der Waals surface area contributed by atoms with Gasteiger partial charge in [0.15, 0.2) is 0 Å². The molecule has 9 heteroatoms. The van der Waals surface area contributed by atoms with Gasteiger partial charge in [0.25, 0.3) is 0 Å². The van der Waals surface area contributed by atoms with Gasteiger partial charge in [-0.2, -0.15) is 0 Å². The Hall–Kier alpha value is -1.00. The predicted molar refractivity (Wildman–Crippen MR) is 81.4 cm³/mol. The van der Waals surface area contributed by atoms with Crippen LogP contribution in [0.4, 0.5) is 0 Å². The normalized spacial score (nSPS) is 22.8. The minimum atomic E-state index is -3.92. The van der Waals surface area contributed by atoms with E-state index in [9.17, 15) is 16.8 Å². The number of ether oxygens (including phenoxy) is 1. The molecule has 0 saturated heterocycles. The topological polar surface area (TPSA) is 102 Å². The van der Waals surface area contributed by atoms with Gasteiger partial charge in [0.05, 0.1) is 6.10 Å².